The third-order valence-electron chi connectivity index (χ3n) is 0.953. The zero-order chi connectivity index (χ0) is 7.33. The van der Waals surface area contributed by atoms with Crippen LogP contribution in [0, 0.1) is 11.3 Å². The first-order chi connectivity index (χ1) is 4.12. The zero-order valence-electron chi connectivity index (χ0n) is 5.32. The molecule has 0 radical (unpaired) electrons. The van der Waals surface area contributed by atoms with E-state index in [-0.39, 0.29) is 0 Å². The maximum atomic E-state index is 8.24. The van der Waals surface area contributed by atoms with Crippen LogP contribution in [0.2, 0.25) is 12.1 Å². The monoisotopic (exact) mass is 181 g/mol. The van der Waals surface area contributed by atoms with Crippen LogP contribution in [0.5, 0.6) is 0 Å². The smallest absolute Gasteiger partial charge is 0.199 e. The maximum Gasteiger partial charge on any atom is 0.264 e. The minimum absolute atomic E-state index is 0.351. The number of nitrogens with zero attached hydrogens (tertiary/aromatic N) is 1. The van der Waals surface area contributed by atoms with Gasteiger partial charge >= 0.3 is 0 Å². The fraction of sp³-hybridized carbons (Fsp3) is 0.800. The molecule has 0 fully saturated rings. The standard InChI is InChI=1S/C5H9Cl2NSi/c1-2-4-9(6,7)5-3-8/h2,4-5H2,1H3. The molecule has 0 unspecified atom stereocenters. The summed E-state index contributed by atoms with van der Waals surface area (Å²) in [5, 5.41) is 8.24. The Bertz CT molecular complexity index is 119. The molecule has 0 saturated carbocycles. The van der Waals surface area contributed by atoms with E-state index >= 15 is 0 Å². The molecule has 0 rings (SSSR count). The fourth-order valence-electron chi connectivity index (χ4n) is 0.570. The molecule has 0 heterocycles. The normalized spacial score (nSPS) is 10.9. The van der Waals surface area contributed by atoms with Crippen LogP contribution in [0.4, 0.5) is 0 Å². The Morgan fingerprint density at radius 1 is 1.56 bits per heavy atom. The van der Waals surface area contributed by atoms with Gasteiger partial charge in [-0.15, -0.1) is 22.2 Å². The highest BCUT2D eigenvalue weighted by Crippen LogP contribution is 2.25. The molecule has 0 atom stereocenters. The van der Waals surface area contributed by atoms with Crippen LogP contribution >= 0.6 is 22.2 Å². The molecular formula is C5H9Cl2NSi. The summed E-state index contributed by atoms with van der Waals surface area (Å²) in [7, 11) is 0. The number of rotatable bonds is 3. The van der Waals surface area contributed by atoms with Crippen molar-refractivity contribution in [3.05, 3.63) is 0 Å². The zero-order valence-corrected chi connectivity index (χ0v) is 7.84. The lowest BCUT2D eigenvalue weighted by Gasteiger charge is -2.09. The third kappa shape index (κ3) is 4.77. The Morgan fingerprint density at radius 2 is 2.11 bits per heavy atom. The van der Waals surface area contributed by atoms with Crippen molar-refractivity contribution >= 4 is 28.9 Å². The molecule has 0 aliphatic rings. The van der Waals surface area contributed by atoms with E-state index < -0.39 is 6.69 Å². The van der Waals surface area contributed by atoms with Crippen molar-refractivity contribution in [2.75, 3.05) is 0 Å². The number of nitriles is 1. The highest BCUT2D eigenvalue weighted by molar-refractivity contribution is 7.45. The van der Waals surface area contributed by atoms with Crippen molar-refractivity contribution in [3.63, 3.8) is 0 Å². The van der Waals surface area contributed by atoms with E-state index in [9.17, 15) is 0 Å². The van der Waals surface area contributed by atoms with Gasteiger partial charge in [0, 0.05) is 0 Å². The van der Waals surface area contributed by atoms with Gasteiger partial charge in [-0.05, 0) is 6.04 Å². The lowest BCUT2D eigenvalue weighted by Crippen LogP contribution is -2.16. The van der Waals surface area contributed by atoms with Gasteiger partial charge in [0.1, 0.15) is 0 Å². The summed E-state index contributed by atoms with van der Waals surface area (Å²) in [5.74, 6) is 0. The Morgan fingerprint density at radius 3 is 2.44 bits per heavy atom. The highest BCUT2D eigenvalue weighted by Gasteiger charge is 2.26. The van der Waals surface area contributed by atoms with Gasteiger partial charge < -0.3 is 0 Å². The molecule has 0 aromatic heterocycles. The van der Waals surface area contributed by atoms with Crippen molar-refractivity contribution in [1.82, 2.24) is 0 Å². The molecule has 0 aromatic rings. The number of hydrogen-bond donors (Lipinski definition) is 0. The van der Waals surface area contributed by atoms with Crippen LogP contribution in [0.15, 0.2) is 0 Å². The summed E-state index contributed by atoms with van der Waals surface area (Å²) in [6, 6.07) is 3.16. The summed E-state index contributed by atoms with van der Waals surface area (Å²) in [5.41, 5.74) is 0. The van der Waals surface area contributed by atoms with Gasteiger partial charge in [0.2, 0.25) is 0 Å². The fourth-order valence-corrected chi connectivity index (χ4v) is 3.20. The van der Waals surface area contributed by atoms with Gasteiger partial charge in [0.05, 0.1) is 12.1 Å². The summed E-state index contributed by atoms with van der Waals surface area (Å²) in [6.07, 6.45) is 0.973. The second-order valence-electron chi connectivity index (χ2n) is 1.94. The first kappa shape index (κ1) is 9.29. The molecule has 0 bridgehead atoms. The van der Waals surface area contributed by atoms with Crippen LogP contribution in [-0.2, 0) is 0 Å². The Balaban J connectivity index is 3.59. The molecular weight excluding hydrogens is 173 g/mol. The quantitative estimate of drug-likeness (QED) is 0.486. The molecule has 9 heavy (non-hydrogen) atoms. The summed E-state index contributed by atoms with van der Waals surface area (Å²) < 4.78 is 0. The van der Waals surface area contributed by atoms with E-state index in [1.165, 1.54) is 0 Å². The molecule has 0 N–H and O–H groups in total. The van der Waals surface area contributed by atoms with Crippen molar-refractivity contribution < 1.29 is 0 Å². The van der Waals surface area contributed by atoms with Gasteiger partial charge in [-0.3, -0.25) is 0 Å². The lowest BCUT2D eigenvalue weighted by molar-refractivity contribution is 1.06. The molecule has 1 nitrogen and oxygen atoms in total. The van der Waals surface area contributed by atoms with E-state index in [1.54, 1.807) is 0 Å². The Labute approximate surface area is 66.0 Å². The van der Waals surface area contributed by atoms with E-state index in [2.05, 4.69) is 0 Å². The molecule has 0 aliphatic heterocycles. The second-order valence-corrected chi connectivity index (χ2v) is 9.43. The predicted molar refractivity (Wildman–Crippen MR) is 43.0 cm³/mol. The molecule has 0 amide bonds. The largest absolute Gasteiger partial charge is 0.264 e. The predicted octanol–water partition coefficient (Wildman–Crippen LogP) is 2.84. The van der Waals surface area contributed by atoms with E-state index in [0.29, 0.717) is 6.04 Å². The van der Waals surface area contributed by atoms with Gasteiger partial charge in [-0.25, -0.2) is 0 Å². The Hall–Kier alpha value is 0.287. The minimum atomic E-state index is -2.12. The molecule has 0 spiro atoms. The summed E-state index contributed by atoms with van der Waals surface area (Å²) in [6.45, 7) is -0.102. The van der Waals surface area contributed by atoms with Crippen LogP contribution in [0.3, 0.4) is 0 Å². The van der Waals surface area contributed by atoms with Gasteiger partial charge in [0.15, 0.2) is 0 Å². The number of halogens is 2. The van der Waals surface area contributed by atoms with E-state index in [4.69, 9.17) is 27.4 Å². The van der Waals surface area contributed by atoms with Crippen LogP contribution in [0.25, 0.3) is 0 Å². The van der Waals surface area contributed by atoms with Gasteiger partial charge in [0.25, 0.3) is 6.69 Å². The van der Waals surface area contributed by atoms with Crippen molar-refractivity contribution in [3.8, 4) is 6.07 Å². The summed E-state index contributed by atoms with van der Waals surface area (Å²) >= 11 is 11.6. The van der Waals surface area contributed by atoms with Crippen LogP contribution in [-0.4, -0.2) is 6.69 Å². The average Bonchev–Trinajstić information content (AvgIpc) is 1.64. The van der Waals surface area contributed by atoms with Gasteiger partial charge in [-0.2, -0.15) is 5.26 Å². The highest BCUT2D eigenvalue weighted by atomic mass is 35.7. The van der Waals surface area contributed by atoms with Gasteiger partial charge in [-0.1, -0.05) is 13.3 Å². The molecule has 4 heteroatoms. The lowest BCUT2D eigenvalue weighted by atomic mass is 10.6. The van der Waals surface area contributed by atoms with Crippen LogP contribution in [0.1, 0.15) is 13.3 Å². The first-order valence-electron chi connectivity index (χ1n) is 2.87. The average molecular weight is 182 g/mol. The molecule has 52 valence electrons. The minimum Gasteiger partial charge on any atom is -0.199 e. The topological polar surface area (TPSA) is 23.8 Å². The molecule has 0 aromatic carbocycles. The summed E-state index contributed by atoms with van der Waals surface area (Å²) in [4.78, 5) is 0. The Kier molecular flexibility index (Phi) is 4.29. The maximum absolute atomic E-state index is 8.24. The molecule has 0 aliphatic carbocycles. The van der Waals surface area contributed by atoms with Crippen molar-refractivity contribution in [2.24, 2.45) is 0 Å². The number of hydrogen-bond acceptors (Lipinski definition) is 1. The van der Waals surface area contributed by atoms with Crippen molar-refractivity contribution in [1.29, 1.82) is 5.26 Å². The second kappa shape index (κ2) is 4.16. The van der Waals surface area contributed by atoms with Crippen molar-refractivity contribution in [2.45, 2.75) is 25.4 Å². The SMILES string of the molecule is CCC[Si](Cl)(Cl)CC#N. The first-order valence-corrected chi connectivity index (χ1v) is 7.31. The van der Waals surface area contributed by atoms with E-state index in [0.717, 1.165) is 12.5 Å². The molecule has 0 saturated heterocycles. The van der Waals surface area contributed by atoms with Crippen LogP contribution < -0.4 is 0 Å². The third-order valence-corrected chi connectivity index (χ3v) is 4.80. The van der Waals surface area contributed by atoms with E-state index in [1.807, 2.05) is 13.0 Å².